The second-order valence-electron chi connectivity index (χ2n) is 4.85. The second-order valence-corrected chi connectivity index (χ2v) is 5.76. The van der Waals surface area contributed by atoms with Gasteiger partial charge in [-0.1, -0.05) is 29.8 Å². The van der Waals surface area contributed by atoms with E-state index in [0.29, 0.717) is 12.5 Å². The number of nitrogens with one attached hydrogen (secondary N) is 3. The third-order valence-electron chi connectivity index (χ3n) is 2.56. The molecule has 1 aromatic carbocycles. The quantitative estimate of drug-likeness (QED) is 0.745. The SMILES string of the molecule is CC(C)CCNC(=O)NC(=O)CNc1ccc(Br)cc1. The fourth-order valence-corrected chi connectivity index (χ4v) is 1.70. The standard InChI is InChI=1S/C14H20BrN3O2/c1-10(2)7-8-16-14(20)18-13(19)9-17-12-5-3-11(15)4-6-12/h3-6,10,17H,7-9H2,1-2H3,(H2,16,18,19,20). The lowest BCUT2D eigenvalue weighted by atomic mass is 10.1. The molecule has 110 valence electrons. The van der Waals surface area contributed by atoms with Crippen LogP contribution in [0.2, 0.25) is 0 Å². The van der Waals surface area contributed by atoms with Gasteiger partial charge >= 0.3 is 6.03 Å². The first kappa shape index (κ1) is 16.5. The van der Waals surface area contributed by atoms with Crippen molar-refractivity contribution < 1.29 is 9.59 Å². The first-order chi connectivity index (χ1) is 9.47. The predicted octanol–water partition coefficient (Wildman–Crippen LogP) is 2.73. The topological polar surface area (TPSA) is 70.2 Å². The molecule has 3 amide bonds. The molecule has 5 nitrogen and oxygen atoms in total. The molecule has 0 radical (unpaired) electrons. The summed E-state index contributed by atoms with van der Waals surface area (Å²) in [6, 6.07) is 6.99. The van der Waals surface area contributed by atoms with Crippen LogP contribution in [0.25, 0.3) is 0 Å². The number of amides is 3. The van der Waals surface area contributed by atoms with Gasteiger partial charge < -0.3 is 10.6 Å². The van der Waals surface area contributed by atoms with E-state index < -0.39 is 6.03 Å². The Morgan fingerprint density at radius 1 is 1.20 bits per heavy atom. The van der Waals surface area contributed by atoms with Gasteiger partial charge in [0.1, 0.15) is 0 Å². The van der Waals surface area contributed by atoms with E-state index in [-0.39, 0.29) is 12.5 Å². The molecule has 0 aliphatic rings. The van der Waals surface area contributed by atoms with Crippen LogP contribution in [0.15, 0.2) is 28.7 Å². The molecule has 20 heavy (non-hydrogen) atoms. The predicted molar refractivity (Wildman–Crippen MR) is 83.6 cm³/mol. The molecular weight excluding hydrogens is 322 g/mol. The number of benzene rings is 1. The highest BCUT2D eigenvalue weighted by Gasteiger charge is 2.07. The van der Waals surface area contributed by atoms with Crippen LogP contribution in [-0.4, -0.2) is 25.0 Å². The van der Waals surface area contributed by atoms with Gasteiger partial charge in [0.15, 0.2) is 0 Å². The zero-order valence-corrected chi connectivity index (χ0v) is 13.3. The molecular formula is C14H20BrN3O2. The smallest absolute Gasteiger partial charge is 0.321 e. The third kappa shape index (κ3) is 7.13. The van der Waals surface area contributed by atoms with Crippen LogP contribution in [0.3, 0.4) is 0 Å². The molecule has 1 rings (SSSR count). The van der Waals surface area contributed by atoms with E-state index in [1.54, 1.807) is 0 Å². The van der Waals surface area contributed by atoms with Gasteiger partial charge in [0.05, 0.1) is 6.54 Å². The van der Waals surface area contributed by atoms with Gasteiger partial charge in [0.25, 0.3) is 0 Å². The average Bonchev–Trinajstić information content (AvgIpc) is 2.37. The first-order valence-electron chi connectivity index (χ1n) is 6.54. The summed E-state index contributed by atoms with van der Waals surface area (Å²) in [6.45, 7) is 4.77. The molecule has 0 aliphatic heterocycles. The van der Waals surface area contributed by atoms with Crippen molar-refractivity contribution in [3.05, 3.63) is 28.7 Å². The summed E-state index contributed by atoms with van der Waals surface area (Å²) < 4.78 is 0.969. The second kappa shape index (κ2) is 8.58. The van der Waals surface area contributed by atoms with Crippen molar-refractivity contribution in [1.29, 1.82) is 0 Å². The number of halogens is 1. The number of hydrogen-bond acceptors (Lipinski definition) is 3. The molecule has 0 bridgehead atoms. The molecule has 0 unspecified atom stereocenters. The van der Waals surface area contributed by atoms with Gasteiger partial charge in [-0.15, -0.1) is 0 Å². The fourth-order valence-electron chi connectivity index (χ4n) is 1.44. The number of urea groups is 1. The first-order valence-corrected chi connectivity index (χ1v) is 7.34. The Labute approximate surface area is 127 Å². The number of rotatable bonds is 6. The van der Waals surface area contributed by atoms with Gasteiger partial charge in [0, 0.05) is 16.7 Å². The van der Waals surface area contributed by atoms with Crippen LogP contribution in [0, 0.1) is 5.92 Å². The molecule has 0 saturated heterocycles. The number of carbonyl (C=O) groups excluding carboxylic acids is 2. The van der Waals surface area contributed by atoms with Gasteiger partial charge in [-0.3, -0.25) is 10.1 Å². The monoisotopic (exact) mass is 341 g/mol. The maximum atomic E-state index is 11.5. The molecule has 0 heterocycles. The number of anilines is 1. The van der Waals surface area contributed by atoms with E-state index in [9.17, 15) is 9.59 Å². The summed E-state index contributed by atoms with van der Waals surface area (Å²) >= 11 is 3.33. The van der Waals surface area contributed by atoms with Crippen LogP contribution in [0.5, 0.6) is 0 Å². The van der Waals surface area contributed by atoms with Crippen LogP contribution >= 0.6 is 15.9 Å². The average molecular weight is 342 g/mol. The zero-order chi connectivity index (χ0) is 15.0. The Bertz CT molecular complexity index is 446. The summed E-state index contributed by atoms with van der Waals surface area (Å²) in [4.78, 5) is 23.0. The lowest BCUT2D eigenvalue weighted by Crippen LogP contribution is -2.42. The van der Waals surface area contributed by atoms with E-state index in [4.69, 9.17) is 0 Å². The number of carbonyl (C=O) groups is 2. The third-order valence-corrected chi connectivity index (χ3v) is 3.09. The Balaban J connectivity index is 2.22. The van der Waals surface area contributed by atoms with Gasteiger partial charge in [-0.25, -0.2) is 4.79 Å². The highest BCUT2D eigenvalue weighted by atomic mass is 79.9. The minimum atomic E-state index is -0.451. The van der Waals surface area contributed by atoms with E-state index >= 15 is 0 Å². The van der Waals surface area contributed by atoms with Crippen LogP contribution in [-0.2, 0) is 4.79 Å². The van der Waals surface area contributed by atoms with Crippen molar-refractivity contribution in [2.45, 2.75) is 20.3 Å². The van der Waals surface area contributed by atoms with Gasteiger partial charge in [-0.2, -0.15) is 0 Å². The van der Waals surface area contributed by atoms with E-state index in [1.807, 2.05) is 24.3 Å². The van der Waals surface area contributed by atoms with Crippen molar-refractivity contribution in [2.24, 2.45) is 5.92 Å². The highest BCUT2D eigenvalue weighted by Crippen LogP contribution is 2.13. The van der Waals surface area contributed by atoms with Crippen molar-refractivity contribution in [3.63, 3.8) is 0 Å². The van der Waals surface area contributed by atoms with Gasteiger partial charge in [-0.05, 0) is 36.6 Å². The Morgan fingerprint density at radius 3 is 2.45 bits per heavy atom. The zero-order valence-electron chi connectivity index (χ0n) is 11.7. The van der Waals surface area contributed by atoms with Crippen LogP contribution in [0.1, 0.15) is 20.3 Å². The Morgan fingerprint density at radius 2 is 1.85 bits per heavy atom. The maximum absolute atomic E-state index is 11.5. The summed E-state index contributed by atoms with van der Waals surface area (Å²) in [5.74, 6) is 0.153. The summed E-state index contributed by atoms with van der Waals surface area (Å²) in [5.41, 5.74) is 0.823. The number of imide groups is 1. The molecule has 0 spiro atoms. The molecule has 0 saturated carbocycles. The van der Waals surface area contributed by atoms with E-state index in [2.05, 4.69) is 45.7 Å². The Hall–Kier alpha value is -1.56. The summed E-state index contributed by atoms with van der Waals surface area (Å²) in [7, 11) is 0. The van der Waals surface area contributed by atoms with E-state index in [0.717, 1.165) is 16.6 Å². The molecule has 1 aromatic rings. The van der Waals surface area contributed by atoms with Gasteiger partial charge in [0.2, 0.25) is 5.91 Å². The molecule has 0 fully saturated rings. The maximum Gasteiger partial charge on any atom is 0.321 e. The van der Waals surface area contributed by atoms with E-state index in [1.165, 1.54) is 0 Å². The van der Waals surface area contributed by atoms with Crippen molar-refractivity contribution in [1.82, 2.24) is 10.6 Å². The largest absolute Gasteiger partial charge is 0.376 e. The minimum absolute atomic E-state index is 0.0548. The van der Waals surface area contributed by atoms with Crippen LogP contribution in [0.4, 0.5) is 10.5 Å². The highest BCUT2D eigenvalue weighted by molar-refractivity contribution is 9.10. The Kier molecular flexibility index (Phi) is 7.08. The summed E-state index contributed by atoms with van der Waals surface area (Å²) in [5, 5.41) is 7.86. The lowest BCUT2D eigenvalue weighted by Gasteiger charge is -2.09. The fraction of sp³-hybridized carbons (Fsp3) is 0.429. The molecule has 6 heteroatoms. The molecule has 3 N–H and O–H groups in total. The number of hydrogen-bond donors (Lipinski definition) is 3. The minimum Gasteiger partial charge on any atom is -0.376 e. The molecule has 0 aliphatic carbocycles. The summed E-state index contributed by atoms with van der Waals surface area (Å²) in [6.07, 6.45) is 0.888. The molecule has 0 atom stereocenters. The van der Waals surface area contributed by atoms with Crippen molar-refractivity contribution >= 4 is 33.6 Å². The molecule has 0 aromatic heterocycles. The normalized spacial score (nSPS) is 10.2. The lowest BCUT2D eigenvalue weighted by molar-refractivity contribution is -0.118. The van der Waals surface area contributed by atoms with Crippen LogP contribution < -0.4 is 16.0 Å². The van der Waals surface area contributed by atoms with Crippen molar-refractivity contribution in [3.8, 4) is 0 Å². The van der Waals surface area contributed by atoms with Crippen molar-refractivity contribution in [2.75, 3.05) is 18.4 Å².